The zero-order valence-corrected chi connectivity index (χ0v) is 11.4. The second-order valence-corrected chi connectivity index (χ2v) is 4.74. The fraction of sp³-hybridized carbons (Fsp3) is 0.143. The van der Waals surface area contributed by atoms with Gasteiger partial charge in [-0.15, -0.1) is 0 Å². The Morgan fingerprint density at radius 2 is 2.10 bits per heavy atom. The summed E-state index contributed by atoms with van der Waals surface area (Å²) in [6.45, 7) is 1.54. The molecular formula is C14H12N3O4+. The number of nitrogens with zero attached hydrogens (tertiary/aromatic N) is 2. The van der Waals surface area contributed by atoms with Gasteiger partial charge in [-0.2, -0.15) is 0 Å². The lowest BCUT2D eigenvalue weighted by Crippen LogP contribution is -2.20. The van der Waals surface area contributed by atoms with Gasteiger partial charge in [0.25, 0.3) is 11.7 Å². The zero-order chi connectivity index (χ0) is 15.1. The number of carbonyl (C=O) groups is 1. The number of amides is 1. The van der Waals surface area contributed by atoms with Crippen molar-refractivity contribution >= 4 is 28.9 Å². The highest BCUT2D eigenvalue weighted by Crippen LogP contribution is 2.37. The topological polar surface area (TPSA) is 90.7 Å². The van der Waals surface area contributed by atoms with Crippen molar-refractivity contribution < 1.29 is 19.4 Å². The van der Waals surface area contributed by atoms with Gasteiger partial charge in [0.05, 0.1) is 16.2 Å². The van der Waals surface area contributed by atoms with Crippen LogP contribution in [-0.4, -0.2) is 17.9 Å². The Bertz CT molecular complexity index is 791. The van der Waals surface area contributed by atoms with Crippen LogP contribution in [0.25, 0.3) is 11.6 Å². The number of likely N-dealkylation sites (N-methyl/N-ethyl adjacent to an activating group) is 1. The van der Waals surface area contributed by atoms with Crippen molar-refractivity contribution in [2.75, 3.05) is 11.9 Å². The molecule has 0 spiro atoms. The molecule has 1 aromatic carbocycles. The number of rotatable bonds is 2. The number of hydrogen-bond donors (Lipinski definition) is 0. The van der Waals surface area contributed by atoms with Crippen LogP contribution in [0.1, 0.15) is 17.0 Å². The van der Waals surface area contributed by atoms with Crippen LogP contribution in [0.3, 0.4) is 0 Å². The van der Waals surface area contributed by atoms with E-state index in [9.17, 15) is 14.9 Å². The summed E-state index contributed by atoms with van der Waals surface area (Å²) < 4.78 is 5.10. The second kappa shape index (κ2) is 4.55. The molecule has 0 radical (unpaired) electrons. The van der Waals surface area contributed by atoms with Gasteiger partial charge in [0.1, 0.15) is 0 Å². The normalized spacial score (nSPS) is 15.6. The maximum absolute atomic E-state index is 12.3. The maximum Gasteiger partial charge on any atom is 0.388 e. The standard InChI is InChI=1S/C14H11N3O4/c1-8-13(17(19)20)12(21-15-8)7-10-9-5-3-4-6-11(9)16(2)14(10)18/h3-7H,1-2H3/p+1/b10-7+. The van der Waals surface area contributed by atoms with Crippen molar-refractivity contribution in [2.45, 2.75) is 6.92 Å². The number of H-pyrrole nitrogens is 1. The van der Waals surface area contributed by atoms with E-state index in [1.165, 1.54) is 11.0 Å². The molecule has 0 fully saturated rings. The first-order valence-corrected chi connectivity index (χ1v) is 6.25. The smallest absolute Gasteiger partial charge is 0.311 e. The summed E-state index contributed by atoms with van der Waals surface area (Å²) in [7, 11) is 1.66. The van der Waals surface area contributed by atoms with E-state index in [1.807, 2.05) is 18.2 Å². The summed E-state index contributed by atoms with van der Waals surface area (Å²) in [4.78, 5) is 24.3. The molecule has 3 rings (SSSR count). The minimum atomic E-state index is -0.531. The van der Waals surface area contributed by atoms with Crippen LogP contribution in [0.5, 0.6) is 0 Å². The SMILES string of the molecule is Cc1[nH+]oc(/C=C2/C(=O)N(C)c3ccccc32)c1[N+](=O)[O-]. The lowest BCUT2D eigenvalue weighted by atomic mass is 10.1. The first kappa shape index (κ1) is 13.0. The molecular weight excluding hydrogens is 274 g/mol. The fourth-order valence-corrected chi connectivity index (χ4v) is 2.41. The van der Waals surface area contributed by atoms with Gasteiger partial charge < -0.3 is 4.90 Å². The molecule has 1 N–H and O–H groups in total. The van der Waals surface area contributed by atoms with Crippen molar-refractivity contribution in [3.05, 3.63) is 51.4 Å². The number of aromatic nitrogens is 1. The van der Waals surface area contributed by atoms with Crippen molar-refractivity contribution in [2.24, 2.45) is 0 Å². The van der Waals surface area contributed by atoms with Crippen LogP contribution in [0, 0.1) is 17.0 Å². The number of hydrogen-bond acceptors (Lipinski definition) is 4. The van der Waals surface area contributed by atoms with E-state index >= 15 is 0 Å². The molecule has 0 saturated heterocycles. The number of aryl methyl sites for hydroxylation is 1. The van der Waals surface area contributed by atoms with Gasteiger partial charge in [-0.25, -0.2) is 4.52 Å². The van der Waals surface area contributed by atoms with Gasteiger partial charge in [0.15, 0.2) is 0 Å². The highest BCUT2D eigenvalue weighted by molar-refractivity contribution is 6.35. The van der Waals surface area contributed by atoms with Gasteiger partial charge in [0, 0.05) is 25.6 Å². The molecule has 106 valence electrons. The maximum atomic E-state index is 12.3. The number of para-hydroxylation sites is 1. The third-order valence-electron chi connectivity index (χ3n) is 3.45. The highest BCUT2D eigenvalue weighted by atomic mass is 16.6. The minimum Gasteiger partial charge on any atom is -0.311 e. The molecule has 7 nitrogen and oxygen atoms in total. The van der Waals surface area contributed by atoms with Crippen LogP contribution < -0.4 is 10.1 Å². The molecule has 7 heteroatoms. The predicted octanol–water partition coefficient (Wildman–Crippen LogP) is 1.83. The van der Waals surface area contributed by atoms with Crippen LogP contribution in [0.4, 0.5) is 11.4 Å². The Kier molecular flexibility index (Phi) is 2.83. The summed E-state index contributed by atoms with van der Waals surface area (Å²) in [6.07, 6.45) is 1.41. The first-order chi connectivity index (χ1) is 10.0. The van der Waals surface area contributed by atoms with E-state index in [1.54, 1.807) is 20.0 Å². The third kappa shape index (κ3) is 1.90. The number of nitro groups is 1. The molecule has 1 aromatic heterocycles. The molecule has 0 saturated carbocycles. The lowest BCUT2D eigenvalue weighted by Gasteiger charge is -2.07. The molecule has 0 unspecified atom stereocenters. The van der Waals surface area contributed by atoms with E-state index in [2.05, 4.69) is 5.16 Å². The Balaban J connectivity index is 2.17. The Morgan fingerprint density at radius 1 is 1.38 bits per heavy atom. The Labute approximate surface area is 119 Å². The molecule has 2 aromatic rings. The molecule has 1 aliphatic heterocycles. The van der Waals surface area contributed by atoms with Crippen molar-refractivity contribution in [3.8, 4) is 0 Å². The lowest BCUT2D eigenvalue weighted by molar-refractivity contribution is -0.615. The number of benzene rings is 1. The minimum absolute atomic E-state index is 0.0333. The van der Waals surface area contributed by atoms with Crippen LogP contribution in [0.15, 0.2) is 28.8 Å². The molecule has 2 heterocycles. The molecule has 1 amide bonds. The van der Waals surface area contributed by atoms with E-state index in [-0.39, 0.29) is 17.4 Å². The van der Waals surface area contributed by atoms with Gasteiger partial charge in [-0.3, -0.25) is 14.9 Å². The average Bonchev–Trinajstić information content (AvgIpc) is 2.94. The van der Waals surface area contributed by atoms with Crippen molar-refractivity contribution in [1.29, 1.82) is 0 Å². The van der Waals surface area contributed by atoms with E-state index in [0.29, 0.717) is 11.3 Å². The summed E-state index contributed by atoms with van der Waals surface area (Å²) >= 11 is 0. The number of aromatic amines is 1. The largest absolute Gasteiger partial charge is 0.388 e. The monoisotopic (exact) mass is 286 g/mol. The average molecular weight is 286 g/mol. The van der Waals surface area contributed by atoms with Crippen LogP contribution >= 0.6 is 0 Å². The number of fused-ring (bicyclic) bond motifs is 1. The van der Waals surface area contributed by atoms with Crippen LogP contribution in [0.2, 0.25) is 0 Å². The summed E-state index contributed by atoms with van der Waals surface area (Å²) in [5, 5.41) is 13.5. The summed E-state index contributed by atoms with van der Waals surface area (Å²) in [6, 6.07) is 7.27. The number of anilines is 1. The number of nitrogens with one attached hydrogen (secondary N) is 1. The van der Waals surface area contributed by atoms with Crippen LogP contribution in [-0.2, 0) is 4.79 Å². The third-order valence-corrected chi connectivity index (χ3v) is 3.45. The second-order valence-electron chi connectivity index (χ2n) is 4.74. The van der Waals surface area contributed by atoms with E-state index in [0.717, 1.165) is 11.3 Å². The zero-order valence-electron chi connectivity index (χ0n) is 11.4. The quantitative estimate of drug-likeness (QED) is 0.478. The highest BCUT2D eigenvalue weighted by Gasteiger charge is 2.33. The first-order valence-electron chi connectivity index (χ1n) is 6.25. The van der Waals surface area contributed by atoms with Gasteiger partial charge in [0.2, 0.25) is 0 Å². The van der Waals surface area contributed by atoms with Gasteiger partial charge >= 0.3 is 11.4 Å². The van der Waals surface area contributed by atoms with Gasteiger partial charge in [-0.1, -0.05) is 18.2 Å². The molecule has 0 atom stereocenters. The predicted molar refractivity (Wildman–Crippen MR) is 74.4 cm³/mol. The van der Waals surface area contributed by atoms with Crippen molar-refractivity contribution in [1.82, 2.24) is 0 Å². The molecule has 0 bridgehead atoms. The summed E-state index contributed by atoms with van der Waals surface area (Å²) in [5.41, 5.74) is 2.01. The van der Waals surface area contributed by atoms with Crippen molar-refractivity contribution in [3.63, 3.8) is 0 Å². The van der Waals surface area contributed by atoms with Gasteiger partial charge in [-0.05, 0) is 11.2 Å². The van der Waals surface area contributed by atoms with E-state index < -0.39 is 4.92 Å². The van der Waals surface area contributed by atoms with E-state index in [4.69, 9.17) is 4.52 Å². The molecule has 21 heavy (non-hydrogen) atoms. The number of carbonyl (C=O) groups excluding carboxylic acids is 1. The Hall–Kier alpha value is -2.96. The molecule has 1 aliphatic rings. The molecule has 0 aliphatic carbocycles. The Morgan fingerprint density at radius 3 is 2.81 bits per heavy atom. The fourth-order valence-electron chi connectivity index (χ4n) is 2.41. The summed E-state index contributed by atoms with van der Waals surface area (Å²) in [5.74, 6) is -0.189.